The maximum absolute atomic E-state index is 12.4. The Labute approximate surface area is 137 Å². The maximum atomic E-state index is 12.4. The van der Waals surface area contributed by atoms with E-state index in [0.717, 1.165) is 23.5 Å². The van der Waals surface area contributed by atoms with Crippen LogP contribution in [0.5, 0.6) is 0 Å². The van der Waals surface area contributed by atoms with Crippen molar-refractivity contribution in [3.05, 3.63) is 46.6 Å². The summed E-state index contributed by atoms with van der Waals surface area (Å²) in [5.41, 5.74) is 0.921. The van der Waals surface area contributed by atoms with E-state index in [0.29, 0.717) is 18.3 Å². The van der Waals surface area contributed by atoms with Gasteiger partial charge in [0.15, 0.2) is 0 Å². The molecule has 0 aromatic carbocycles. The zero-order valence-electron chi connectivity index (χ0n) is 12.7. The Morgan fingerprint density at radius 2 is 2.30 bits per heavy atom. The fourth-order valence-electron chi connectivity index (χ4n) is 2.90. The van der Waals surface area contributed by atoms with Gasteiger partial charge in [-0.15, -0.1) is 11.3 Å². The highest BCUT2D eigenvalue weighted by Crippen LogP contribution is 2.29. The molecule has 3 aromatic rings. The molecule has 7 heteroatoms. The number of aromatic nitrogens is 3. The molecule has 0 aliphatic carbocycles. The van der Waals surface area contributed by atoms with Crippen LogP contribution in [0, 0.1) is 0 Å². The zero-order chi connectivity index (χ0) is 15.8. The monoisotopic (exact) mass is 328 g/mol. The molecule has 0 radical (unpaired) electrons. The molecule has 1 aliphatic rings. The Morgan fingerprint density at radius 1 is 1.39 bits per heavy atom. The molecule has 0 N–H and O–H groups in total. The summed E-state index contributed by atoms with van der Waals surface area (Å²) in [4.78, 5) is 19.5. The second-order valence-electron chi connectivity index (χ2n) is 5.67. The third-order valence-corrected chi connectivity index (χ3v) is 5.03. The SMILES string of the molecule is Cn1cccc1-c1noc(C2CCN(C(=O)c3cccs3)C2)n1. The van der Waals surface area contributed by atoms with Gasteiger partial charge in [0.2, 0.25) is 11.7 Å². The quantitative estimate of drug-likeness (QED) is 0.741. The van der Waals surface area contributed by atoms with Crippen molar-refractivity contribution in [2.45, 2.75) is 12.3 Å². The van der Waals surface area contributed by atoms with Crippen LogP contribution >= 0.6 is 11.3 Å². The van der Waals surface area contributed by atoms with Crippen LogP contribution in [0.3, 0.4) is 0 Å². The average molecular weight is 328 g/mol. The van der Waals surface area contributed by atoms with E-state index < -0.39 is 0 Å². The van der Waals surface area contributed by atoms with Crippen LogP contribution in [0.2, 0.25) is 0 Å². The Bertz CT molecular complexity index is 821. The lowest BCUT2D eigenvalue weighted by Gasteiger charge is -2.14. The first-order valence-electron chi connectivity index (χ1n) is 7.50. The Morgan fingerprint density at radius 3 is 3.04 bits per heavy atom. The molecule has 0 bridgehead atoms. The number of thiophene rings is 1. The predicted octanol–water partition coefficient (Wildman–Crippen LogP) is 2.77. The molecule has 23 heavy (non-hydrogen) atoms. The van der Waals surface area contributed by atoms with Crippen LogP contribution < -0.4 is 0 Å². The standard InChI is InChI=1S/C16H16N4O2S/c1-19-7-2-4-12(19)14-17-15(22-18-14)11-6-8-20(10-11)16(21)13-5-3-9-23-13/h2-5,7,9,11H,6,8,10H2,1H3. The highest BCUT2D eigenvalue weighted by Gasteiger charge is 2.32. The van der Waals surface area contributed by atoms with Crippen molar-refractivity contribution in [1.29, 1.82) is 0 Å². The number of hydrogen-bond donors (Lipinski definition) is 0. The van der Waals surface area contributed by atoms with Gasteiger partial charge in [0.1, 0.15) is 0 Å². The van der Waals surface area contributed by atoms with Crippen molar-refractivity contribution in [3.63, 3.8) is 0 Å². The van der Waals surface area contributed by atoms with Crippen LogP contribution in [0.4, 0.5) is 0 Å². The summed E-state index contributed by atoms with van der Waals surface area (Å²) in [7, 11) is 1.95. The molecular formula is C16H16N4O2S. The molecule has 1 saturated heterocycles. The van der Waals surface area contributed by atoms with E-state index in [-0.39, 0.29) is 11.8 Å². The molecule has 4 rings (SSSR count). The largest absolute Gasteiger partial charge is 0.348 e. The highest BCUT2D eigenvalue weighted by molar-refractivity contribution is 7.12. The van der Waals surface area contributed by atoms with Crippen LogP contribution in [0.1, 0.15) is 27.9 Å². The molecule has 4 heterocycles. The van der Waals surface area contributed by atoms with Crippen LogP contribution in [-0.4, -0.2) is 38.6 Å². The lowest BCUT2D eigenvalue weighted by atomic mass is 10.1. The first kappa shape index (κ1) is 14.2. The summed E-state index contributed by atoms with van der Waals surface area (Å²) in [6.45, 7) is 1.36. The molecule has 6 nitrogen and oxygen atoms in total. The molecule has 3 aromatic heterocycles. The van der Waals surface area contributed by atoms with E-state index >= 15 is 0 Å². The van der Waals surface area contributed by atoms with Gasteiger partial charge in [0, 0.05) is 26.3 Å². The number of carbonyl (C=O) groups is 1. The van der Waals surface area contributed by atoms with Crippen LogP contribution in [-0.2, 0) is 7.05 Å². The van der Waals surface area contributed by atoms with Crippen LogP contribution in [0.15, 0.2) is 40.4 Å². The van der Waals surface area contributed by atoms with Gasteiger partial charge in [0.25, 0.3) is 5.91 Å². The summed E-state index contributed by atoms with van der Waals surface area (Å²) >= 11 is 1.47. The minimum absolute atomic E-state index is 0.0877. The number of amides is 1. The molecule has 0 saturated carbocycles. The molecule has 1 aliphatic heterocycles. The zero-order valence-corrected chi connectivity index (χ0v) is 13.5. The van der Waals surface area contributed by atoms with Crippen LogP contribution in [0.25, 0.3) is 11.5 Å². The Kier molecular flexibility index (Phi) is 3.49. The molecule has 118 valence electrons. The minimum atomic E-state index is 0.0877. The number of nitrogens with zero attached hydrogens (tertiary/aromatic N) is 4. The smallest absolute Gasteiger partial charge is 0.263 e. The first-order valence-corrected chi connectivity index (χ1v) is 8.38. The van der Waals surface area contributed by atoms with Gasteiger partial charge in [-0.2, -0.15) is 4.98 Å². The highest BCUT2D eigenvalue weighted by atomic mass is 32.1. The van der Waals surface area contributed by atoms with Gasteiger partial charge >= 0.3 is 0 Å². The lowest BCUT2D eigenvalue weighted by Crippen LogP contribution is -2.27. The molecule has 1 fully saturated rings. The van der Waals surface area contributed by atoms with Crippen molar-refractivity contribution < 1.29 is 9.32 Å². The Balaban J connectivity index is 1.49. The average Bonchev–Trinajstić information content (AvgIpc) is 3.32. The second kappa shape index (κ2) is 5.66. The van der Waals surface area contributed by atoms with Gasteiger partial charge in [-0.05, 0) is 30.0 Å². The number of likely N-dealkylation sites (tertiary alicyclic amines) is 1. The third-order valence-electron chi connectivity index (χ3n) is 4.17. The van der Waals surface area contributed by atoms with Crippen molar-refractivity contribution in [2.75, 3.05) is 13.1 Å². The van der Waals surface area contributed by atoms with E-state index in [9.17, 15) is 4.79 Å². The molecule has 1 unspecified atom stereocenters. The van der Waals surface area contributed by atoms with E-state index in [2.05, 4.69) is 10.1 Å². The summed E-state index contributed by atoms with van der Waals surface area (Å²) in [5, 5.41) is 6.00. The topological polar surface area (TPSA) is 64.2 Å². The van der Waals surface area contributed by atoms with E-state index in [1.54, 1.807) is 0 Å². The van der Waals surface area contributed by atoms with Gasteiger partial charge in [-0.1, -0.05) is 11.2 Å². The fraction of sp³-hybridized carbons (Fsp3) is 0.312. The molecule has 1 atom stereocenters. The predicted molar refractivity (Wildman–Crippen MR) is 86.3 cm³/mol. The molecule has 1 amide bonds. The van der Waals surface area contributed by atoms with Crippen molar-refractivity contribution >= 4 is 17.2 Å². The summed E-state index contributed by atoms with van der Waals surface area (Å²) in [6, 6.07) is 7.66. The molecule has 0 spiro atoms. The first-order chi connectivity index (χ1) is 11.2. The van der Waals surface area contributed by atoms with Crippen molar-refractivity contribution in [2.24, 2.45) is 7.05 Å². The van der Waals surface area contributed by atoms with Crippen molar-refractivity contribution in [3.8, 4) is 11.5 Å². The number of aryl methyl sites for hydroxylation is 1. The fourth-order valence-corrected chi connectivity index (χ4v) is 3.59. The van der Waals surface area contributed by atoms with E-state index in [4.69, 9.17) is 4.52 Å². The van der Waals surface area contributed by atoms with Gasteiger partial charge in [-0.3, -0.25) is 4.79 Å². The number of carbonyl (C=O) groups excluding carboxylic acids is 1. The third kappa shape index (κ3) is 2.57. The molecular weight excluding hydrogens is 312 g/mol. The van der Waals surface area contributed by atoms with Gasteiger partial charge in [0.05, 0.1) is 16.5 Å². The summed E-state index contributed by atoms with van der Waals surface area (Å²) in [6.07, 6.45) is 2.80. The van der Waals surface area contributed by atoms with Crippen molar-refractivity contribution in [1.82, 2.24) is 19.6 Å². The normalized spacial score (nSPS) is 17.8. The van der Waals surface area contributed by atoms with Gasteiger partial charge in [-0.25, -0.2) is 0 Å². The maximum Gasteiger partial charge on any atom is 0.263 e. The number of rotatable bonds is 3. The van der Waals surface area contributed by atoms with E-state index in [1.165, 1.54) is 11.3 Å². The number of hydrogen-bond acceptors (Lipinski definition) is 5. The van der Waals surface area contributed by atoms with Gasteiger partial charge < -0.3 is 14.0 Å². The minimum Gasteiger partial charge on any atom is -0.348 e. The summed E-state index contributed by atoms with van der Waals surface area (Å²) in [5.74, 6) is 1.41. The second-order valence-corrected chi connectivity index (χ2v) is 6.62. The lowest BCUT2D eigenvalue weighted by molar-refractivity contribution is 0.0794. The van der Waals surface area contributed by atoms with E-state index in [1.807, 2.05) is 52.4 Å². The Hall–Kier alpha value is -2.41. The summed E-state index contributed by atoms with van der Waals surface area (Å²) < 4.78 is 7.39.